The summed E-state index contributed by atoms with van der Waals surface area (Å²) in [7, 11) is 0. The molecule has 1 aliphatic heterocycles. The molecule has 3 atom stereocenters. The summed E-state index contributed by atoms with van der Waals surface area (Å²) in [6, 6.07) is 0.895. The van der Waals surface area contributed by atoms with E-state index in [2.05, 4.69) is 5.32 Å². The maximum Gasteiger partial charge on any atom is 0.341 e. The summed E-state index contributed by atoms with van der Waals surface area (Å²) in [5, 5.41) is 20.3. The van der Waals surface area contributed by atoms with Gasteiger partial charge < -0.3 is 30.9 Å². The van der Waals surface area contributed by atoms with Crippen LogP contribution in [0.1, 0.15) is 11.6 Å². The molecule has 5 N–H and O–H groups in total. The SMILES string of the molecule is NC(C(=O)N[C@H]1C(=O)N(CC(=S)OCC(=O)O)[C@H]1CI)c1ccc(O)c(F)c1. The monoisotopic (exact) mass is 525 g/mol. The van der Waals surface area contributed by atoms with Crippen molar-refractivity contribution in [3.05, 3.63) is 29.6 Å². The summed E-state index contributed by atoms with van der Waals surface area (Å²) < 4.78 is 18.8. The number of phenols is 1. The largest absolute Gasteiger partial charge is 0.505 e. The second-order valence-corrected chi connectivity index (χ2v) is 7.25. The highest BCUT2D eigenvalue weighted by Gasteiger charge is 2.48. The van der Waals surface area contributed by atoms with Crippen LogP contribution in [0, 0.1) is 5.82 Å². The molecule has 1 aromatic carbocycles. The number of hydrogen-bond acceptors (Lipinski definition) is 7. The zero-order valence-corrected chi connectivity index (χ0v) is 17.3. The second-order valence-electron chi connectivity index (χ2n) is 5.92. The van der Waals surface area contributed by atoms with Crippen LogP contribution in [-0.2, 0) is 19.1 Å². The zero-order chi connectivity index (χ0) is 21.0. The molecule has 0 aliphatic carbocycles. The number of carbonyl (C=O) groups excluding carboxylic acids is 2. The van der Waals surface area contributed by atoms with Gasteiger partial charge in [0.2, 0.25) is 11.8 Å². The number of thiocarbonyl (C=S) groups is 1. The summed E-state index contributed by atoms with van der Waals surface area (Å²) in [5.74, 6) is -3.76. The fourth-order valence-electron chi connectivity index (χ4n) is 2.57. The quantitative estimate of drug-likeness (QED) is 0.162. The smallest absolute Gasteiger partial charge is 0.341 e. The van der Waals surface area contributed by atoms with E-state index in [1.54, 1.807) is 0 Å². The van der Waals surface area contributed by atoms with Crippen molar-refractivity contribution in [3.8, 4) is 5.75 Å². The Bertz CT molecular complexity index is 811. The highest BCUT2D eigenvalue weighted by atomic mass is 127. The van der Waals surface area contributed by atoms with E-state index < -0.39 is 48.0 Å². The maximum absolute atomic E-state index is 13.4. The summed E-state index contributed by atoms with van der Waals surface area (Å²) in [4.78, 5) is 36.5. The van der Waals surface area contributed by atoms with E-state index in [-0.39, 0.29) is 23.2 Å². The number of amides is 2. The van der Waals surface area contributed by atoms with Crippen molar-refractivity contribution in [2.75, 3.05) is 17.6 Å². The van der Waals surface area contributed by atoms with Crippen molar-refractivity contribution in [2.24, 2.45) is 5.73 Å². The zero-order valence-electron chi connectivity index (χ0n) is 14.3. The normalized spacial score (nSPS) is 19.5. The van der Waals surface area contributed by atoms with Crippen molar-refractivity contribution in [2.45, 2.75) is 18.1 Å². The van der Waals surface area contributed by atoms with Gasteiger partial charge in [0.05, 0.1) is 12.6 Å². The van der Waals surface area contributed by atoms with Crippen molar-refractivity contribution in [1.29, 1.82) is 0 Å². The number of carboxylic acids is 1. The van der Waals surface area contributed by atoms with Crippen LogP contribution in [0.5, 0.6) is 5.75 Å². The lowest BCUT2D eigenvalue weighted by Crippen LogP contribution is -2.72. The van der Waals surface area contributed by atoms with E-state index in [0.717, 1.165) is 12.1 Å². The van der Waals surface area contributed by atoms with Gasteiger partial charge in [-0.1, -0.05) is 28.7 Å². The number of phenolic OH excluding ortho intramolecular Hbond substituents is 1. The first-order valence-electron chi connectivity index (χ1n) is 7.94. The predicted octanol–water partition coefficient (Wildman–Crippen LogP) is 0.0903. The van der Waals surface area contributed by atoms with Crippen molar-refractivity contribution >= 4 is 57.6 Å². The van der Waals surface area contributed by atoms with Crippen LogP contribution in [0.3, 0.4) is 0 Å². The van der Waals surface area contributed by atoms with Crippen molar-refractivity contribution in [1.82, 2.24) is 10.2 Å². The van der Waals surface area contributed by atoms with E-state index in [4.69, 9.17) is 27.8 Å². The molecule has 1 aromatic rings. The number of ether oxygens (including phenoxy) is 1. The molecule has 1 saturated heterocycles. The minimum Gasteiger partial charge on any atom is -0.505 e. The molecule has 12 heteroatoms. The van der Waals surface area contributed by atoms with E-state index in [9.17, 15) is 23.9 Å². The van der Waals surface area contributed by atoms with E-state index >= 15 is 0 Å². The molecule has 2 rings (SSSR count). The molecule has 0 spiro atoms. The summed E-state index contributed by atoms with van der Waals surface area (Å²) in [5.41, 5.74) is 5.96. The topological polar surface area (TPSA) is 142 Å². The number of likely N-dealkylation sites (tertiary alicyclic amines) is 1. The van der Waals surface area contributed by atoms with Gasteiger partial charge in [0.25, 0.3) is 0 Å². The lowest BCUT2D eigenvalue weighted by molar-refractivity contribution is -0.151. The molecule has 1 heterocycles. The lowest BCUT2D eigenvalue weighted by Gasteiger charge is -2.46. The van der Waals surface area contributed by atoms with Gasteiger partial charge in [0, 0.05) is 4.43 Å². The molecule has 0 radical (unpaired) electrons. The number of carboxylic acid groups (broad SMARTS) is 1. The Morgan fingerprint density at radius 3 is 2.71 bits per heavy atom. The van der Waals surface area contributed by atoms with Gasteiger partial charge in [-0.15, -0.1) is 0 Å². The van der Waals surface area contributed by atoms with Gasteiger partial charge in [-0.2, -0.15) is 0 Å². The molecule has 9 nitrogen and oxygen atoms in total. The molecular weight excluding hydrogens is 508 g/mol. The number of hydrogen-bond donors (Lipinski definition) is 4. The number of nitrogens with one attached hydrogen (secondary N) is 1. The molecule has 1 unspecified atom stereocenters. The first kappa shape index (κ1) is 22.2. The fraction of sp³-hybridized carbons (Fsp3) is 0.375. The predicted molar refractivity (Wildman–Crippen MR) is 107 cm³/mol. The number of nitrogens with zero attached hydrogens (tertiary/aromatic N) is 1. The second kappa shape index (κ2) is 9.43. The first-order chi connectivity index (χ1) is 13.1. The van der Waals surface area contributed by atoms with Gasteiger partial charge in [0.1, 0.15) is 12.1 Å². The molecule has 0 aromatic heterocycles. The minimum absolute atomic E-state index is 0.0494. The number of β-lactam (4-membered cyclic amide) rings is 1. The lowest BCUT2D eigenvalue weighted by atomic mass is 9.95. The molecule has 1 fully saturated rings. The van der Waals surface area contributed by atoms with E-state index in [0.29, 0.717) is 4.43 Å². The number of nitrogens with two attached hydrogens (primary N) is 1. The van der Waals surface area contributed by atoms with Crippen LogP contribution >= 0.6 is 34.8 Å². The van der Waals surface area contributed by atoms with Gasteiger partial charge in [-0.25, -0.2) is 9.18 Å². The van der Waals surface area contributed by atoms with Crippen LogP contribution < -0.4 is 11.1 Å². The Kier molecular flexibility index (Phi) is 7.48. The van der Waals surface area contributed by atoms with Crippen LogP contribution in [0.25, 0.3) is 0 Å². The maximum atomic E-state index is 13.4. The van der Waals surface area contributed by atoms with Gasteiger partial charge in [-0.05, 0) is 29.9 Å². The molecule has 0 saturated carbocycles. The molecule has 1 aliphatic rings. The summed E-state index contributed by atoms with van der Waals surface area (Å²) in [6.45, 7) is -0.676. The number of carbonyl (C=O) groups is 3. The van der Waals surface area contributed by atoms with E-state index in [1.165, 1.54) is 11.0 Å². The van der Waals surface area contributed by atoms with Crippen LogP contribution in [0.2, 0.25) is 0 Å². The Labute approximate surface area is 178 Å². The number of benzene rings is 1. The number of alkyl halides is 1. The standard InChI is InChI=1S/C16H17FIN3O6S/c17-8-3-7(1-2-10(8)22)13(19)15(25)20-14-9(4-18)21(16(14)26)5-12(28)27-6-11(23)24/h1-3,9,13-14,22H,4-6,19H2,(H,20,25)(H,23,24)/t9-,13?,14+/m0/s1. The molecule has 2 amide bonds. The minimum atomic E-state index is -1.23. The number of rotatable bonds is 8. The van der Waals surface area contributed by atoms with Crippen molar-refractivity contribution < 1.29 is 33.7 Å². The Hall–Kier alpha value is -2.06. The fourth-order valence-corrected chi connectivity index (χ4v) is 3.75. The third-order valence-electron chi connectivity index (χ3n) is 4.06. The molecular formula is C16H17FIN3O6S. The molecule has 0 bridgehead atoms. The highest BCUT2D eigenvalue weighted by molar-refractivity contribution is 14.1. The Morgan fingerprint density at radius 1 is 1.46 bits per heavy atom. The van der Waals surface area contributed by atoms with Gasteiger partial charge >= 0.3 is 5.97 Å². The number of halogens is 2. The van der Waals surface area contributed by atoms with E-state index in [1.807, 2.05) is 22.6 Å². The summed E-state index contributed by atoms with van der Waals surface area (Å²) >= 11 is 6.95. The van der Waals surface area contributed by atoms with Gasteiger partial charge in [0.15, 0.2) is 23.2 Å². The Balaban J connectivity index is 1.97. The van der Waals surface area contributed by atoms with Crippen LogP contribution in [-0.4, -0.2) is 67.6 Å². The molecule has 28 heavy (non-hydrogen) atoms. The first-order valence-corrected chi connectivity index (χ1v) is 9.87. The van der Waals surface area contributed by atoms with Gasteiger partial charge in [-0.3, -0.25) is 9.59 Å². The average Bonchev–Trinajstić information content (AvgIpc) is 2.66. The van der Waals surface area contributed by atoms with Crippen LogP contribution in [0.15, 0.2) is 18.2 Å². The number of aliphatic carboxylic acids is 1. The van der Waals surface area contributed by atoms with Crippen LogP contribution in [0.4, 0.5) is 4.39 Å². The highest BCUT2D eigenvalue weighted by Crippen LogP contribution is 2.24. The third kappa shape index (κ3) is 5.05. The average molecular weight is 525 g/mol. The Morgan fingerprint density at radius 2 is 2.14 bits per heavy atom. The summed E-state index contributed by atoms with van der Waals surface area (Å²) in [6.07, 6.45) is 0. The van der Waals surface area contributed by atoms with Crippen molar-refractivity contribution in [3.63, 3.8) is 0 Å². The number of aromatic hydroxyl groups is 1. The third-order valence-corrected chi connectivity index (χ3v) is 5.21. The molecule has 152 valence electrons.